The smallest absolute Gasteiger partial charge is 0.144 e. The molecule has 0 amide bonds. The summed E-state index contributed by atoms with van der Waals surface area (Å²) < 4.78 is 10.6. The number of ether oxygens (including phenoxy) is 2. The van der Waals surface area contributed by atoms with Crippen molar-refractivity contribution in [3.8, 4) is 11.5 Å². The monoisotopic (exact) mass is 304 g/mol. The third-order valence-electron chi connectivity index (χ3n) is 3.08. The highest BCUT2D eigenvalue weighted by atomic mass is 35.5. The van der Waals surface area contributed by atoms with Crippen molar-refractivity contribution in [2.24, 2.45) is 0 Å². The topological polar surface area (TPSA) is 72.1 Å². The third-order valence-corrected chi connectivity index (χ3v) is 3.38. The molecule has 0 atom stereocenters. The van der Waals surface area contributed by atoms with Crippen LogP contribution in [0.4, 0.5) is 11.5 Å². The van der Waals surface area contributed by atoms with E-state index in [1.165, 1.54) is 6.33 Å². The maximum atomic E-state index is 6.10. The summed E-state index contributed by atoms with van der Waals surface area (Å²) in [5, 5.41) is 4.58. The van der Waals surface area contributed by atoms with Crippen LogP contribution in [0.5, 0.6) is 11.5 Å². The number of nitrogens with zero attached hydrogens (tertiary/aromatic N) is 2. The van der Waals surface area contributed by atoms with Gasteiger partial charge in [-0.15, -0.1) is 0 Å². The van der Waals surface area contributed by atoms with E-state index in [0.29, 0.717) is 28.0 Å². The lowest BCUT2D eigenvalue weighted by atomic mass is 10.2. The Morgan fingerprint density at radius 3 is 2.71 bits per heavy atom. The fourth-order valence-corrected chi connectivity index (χ4v) is 2.29. The number of H-pyrrole nitrogens is 1. The van der Waals surface area contributed by atoms with Gasteiger partial charge in [-0.3, -0.25) is 0 Å². The van der Waals surface area contributed by atoms with Crippen LogP contribution in [0.15, 0.2) is 30.7 Å². The largest absolute Gasteiger partial charge is 0.495 e. The first-order valence-corrected chi connectivity index (χ1v) is 6.57. The van der Waals surface area contributed by atoms with Gasteiger partial charge in [-0.2, -0.15) is 0 Å². The fourth-order valence-electron chi connectivity index (χ4n) is 2.06. The molecule has 3 aromatic rings. The molecule has 1 aromatic carbocycles. The molecule has 7 heteroatoms. The van der Waals surface area contributed by atoms with Crippen LogP contribution in [-0.2, 0) is 0 Å². The normalized spacial score (nSPS) is 10.6. The molecular formula is C14H13ClN4O2. The Kier molecular flexibility index (Phi) is 3.53. The zero-order valence-corrected chi connectivity index (χ0v) is 12.2. The summed E-state index contributed by atoms with van der Waals surface area (Å²) >= 11 is 6.10. The standard InChI is InChI=1S/C14H13ClN4O2/c1-20-11-6-10(12(21-2)5-9(11)15)19-14-8-3-4-16-13(8)17-7-18-14/h3-7H,1-2H3,(H2,16,17,18,19). The number of benzene rings is 1. The van der Waals surface area contributed by atoms with Crippen molar-refractivity contribution >= 4 is 34.1 Å². The van der Waals surface area contributed by atoms with Crippen molar-refractivity contribution in [1.82, 2.24) is 15.0 Å². The van der Waals surface area contributed by atoms with E-state index < -0.39 is 0 Å². The molecule has 3 rings (SSSR count). The first kappa shape index (κ1) is 13.5. The summed E-state index contributed by atoms with van der Waals surface area (Å²) in [6.07, 6.45) is 3.30. The van der Waals surface area contributed by atoms with Crippen molar-refractivity contribution < 1.29 is 9.47 Å². The first-order chi connectivity index (χ1) is 10.2. The number of hydrogen-bond donors (Lipinski definition) is 2. The lowest BCUT2D eigenvalue weighted by molar-refractivity contribution is 0.405. The van der Waals surface area contributed by atoms with Crippen molar-refractivity contribution in [3.05, 3.63) is 35.7 Å². The molecule has 0 aliphatic carbocycles. The highest BCUT2D eigenvalue weighted by Gasteiger charge is 2.12. The van der Waals surface area contributed by atoms with Crippen LogP contribution in [0.1, 0.15) is 0 Å². The first-order valence-electron chi connectivity index (χ1n) is 6.19. The second-order valence-electron chi connectivity index (χ2n) is 4.27. The van der Waals surface area contributed by atoms with E-state index in [1.54, 1.807) is 26.4 Å². The molecule has 2 N–H and O–H groups in total. The number of hydrogen-bond acceptors (Lipinski definition) is 5. The van der Waals surface area contributed by atoms with Gasteiger partial charge >= 0.3 is 0 Å². The highest BCUT2D eigenvalue weighted by molar-refractivity contribution is 6.32. The molecule has 0 aliphatic rings. The van der Waals surface area contributed by atoms with Crippen LogP contribution in [0.2, 0.25) is 5.02 Å². The minimum absolute atomic E-state index is 0.481. The minimum Gasteiger partial charge on any atom is -0.495 e. The van der Waals surface area contributed by atoms with E-state index in [9.17, 15) is 0 Å². The molecule has 0 radical (unpaired) electrons. The number of fused-ring (bicyclic) bond motifs is 1. The summed E-state index contributed by atoms with van der Waals surface area (Å²) in [7, 11) is 3.14. The van der Waals surface area contributed by atoms with Gasteiger partial charge in [-0.25, -0.2) is 9.97 Å². The molecule has 0 saturated heterocycles. The Bertz CT molecular complexity index is 788. The van der Waals surface area contributed by atoms with Crippen LogP contribution in [0.25, 0.3) is 11.0 Å². The average Bonchev–Trinajstić information content (AvgIpc) is 2.98. The summed E-state index contributed by atoms with van der Waals surface area (Å²) in [6, 6.07) is 5.36. The van der Waals surface area contributed by atoms with Gasteiger partial charge in [0.2, 0.25) is 0 Å². The van der Waals surface area contributed by atoms with E-state index in [0.717, 1.165) is 11.0 Å². The van der Waals surface area contributed by atoms with Gasteiger partial charge in [-0.05, 0) is 6.07 Å². The minimum atomic E-state index is 0.481. The zero-order valence-electron chi connectivity index (χ0n) is 11.5. The predicted octanol–water partition coefficient (Wildman–Crippen LogP) is 3.37. The molecule has 2 heterocycles. The van der Waals surface area contributed by atoms with E-state index in [4.69, 9.17) is 21.1 Å². The Morgan fingerprint density at radius 1 is 1.14 bits per heavy atom. The number of halogens is 1. The quantitative estimate of drug-likeness (QED) is 0.773. The van der Waals surface area contributed by atoms with E-state index in [1.807, 2.05) is 12.3 Å². The molecule has 2 aromatic heterocycles. The third kappa shape index (κ3) is 2.45. The Balaban J connectivity index is 2.06. The van der Waals surface area contributed by atoms with E-state index >= 15 is 0 Å². The number of aromatic nitrogens is 3. The second kappa shape index (κ2) is 5.49. The van der Waals surface area contributed by atoms with Crippen molar-refractivity contribution in [2.75, 3.05) is 19.5 Å². The summed E-state index contributed by atoms with van der Waals surface area (Å²) in [4.78, 5) is 11.4. The molecule has 0 saturated carbocycles. The molecule has 0 bridgehead atoms. The maximum Gasteiger partial charge on any atom is 0.144 e. The van der Waals surface area contributed by atoms with Crippen LogP contribution in [-0.4, -0.2) is 29.2 Å². The van der Waals surface area contributed by atoms with Crippen LogP contribution >= 0.6 is 11.6 Å². The van der Waals surface area contributed by atoms with Crippen molar-refractivity contribution in [1.29, 1.82) is 0 Å². The highest BCUT2D eigenvalue weighted by Crippen LogP contribution is 2.37. The molecular weight excluding hydrogens is 292 g/mol. The van der Waals surface area contributed by atoms with Gasteiger partial charge in [0, 0.05) is 18.3 Å². The Labute approximate surface area is 126 Å². The van der Waals surface area contributed by atoms with Crippen molar-refractivity contribution in [3.63, 3.8) is 0 Å². The zero-order chi connectivity index (χ0) is 14.8. The Morgan fingerprint density at radius 2 is 1.95 bits per heavy atom. The van der Waals surface area contributed by atoms with Crippen molar-refractivity contribution in [2.45, 2.75) is 0 Å². The van der Waals surface area contributed by atoms with Gasteiger partial charge in [0.05, 0.1) is 30.3 Å². The fraction of sp³-hybridized carbons (Fsp3) is 0.143. The summed E-state index contributed by atoms with van der Waals surface area (Å²) in [6.45, 7) is 0. The van der Waals surface area contributed by atoms with Crippen LogP contribution < -0.4 is 14.8 Å². The Hall–Kier alpha value is -2.47. The molecule has 0 unspecified atom stereocenters. The van der Waals surface area contributed by atoms with Gasteiger partial charge in [-0.1, -0.05) is 11.6 Å². The number of rotatable bonds is 4. The number of nitrogens with one attached hydrogen (secondary N) is 2. The van der Waals surface area contributed by atoms with E-state index in [-0.39, 0.29) is 0 Å². The van der Waals surface area contributed by atoms with Gasteiger partial charge in [0.25, 0.3) is 0 Å². The predicted molar refractivity (Wildman–Crippen MR) is 81.7 cm³/mol. The molecule has 108 valence electrons. The van der Waals surface area contributed by atoms with Gasteiger partial charge in [0.15, 0.2) is 0 Å². The number of anilines is 2. The molecule has 21 heavy (non-hydrogen) atoms. The molecule has 6 nitrogen and oxygen atoms in total. The maximum absolute atomic E-state index is 6.10. The van der Waals surface area contributed by atoms with E-state index in [2.05, 4.69) is 20.3 Å². The SMILES string of the molecule is COc1cc(Nc2ncnc3[nH]ccc23)c(OC)cc1Cl. The van der Waals surface area contributed by atoms with Gasteiger partial charge in [0.1, 0.15) is 29.3 Å². The second-order valence-corrected chi connectivity index (χ2v) is 4.68. The number of aromatic amines is 1. The number of methoxy groups -OCH3 is 2. The molecule has 0 aliphatic heterocycles. The molecule has 0 fully saturated rings. The summed E-state index contributed by atoms with van der Waals surface area (Å²) in [5.74, 6) is 1.83. The average molecular weight is 305 g/mol. The lowest BCUT2D eigenvalue weighted by Crippen LogP contribution is -1.99. The molecule has 0 spiro atoms. The van der Waals surface area contributed by atoms with Gasteiger partial charge < -0.3 is 19.8 Å². The van der Waals surface area contributed by atoms with Crippen LogP contribution in [0, 0.1) is 0 Å². The van der Waals surface area contributed by atoms with Crippen LogP contribution in [0.3, 0.4) is 0 Å². The lowest BCUT2D eigenvalue weighted by Gasteiger charge is -2.13. The summed E-state index contributed by atoms with van der Waals surface area (Å²) in [5.41, 5.74) is 1.47.